The van der Waals surface area contributed by atoms with Gasteiger partial charge >= 0.3 is 0 Å². The largest absolute Gasteiger partial charge is 0.366 e. The fourth-order valence-electron chi connectivity index (χ4n) is 1.90. The number of aromatic amines is 1. The Hall–Kier alpha value is -2.67. The average molecular weight is 286 g/mol. The first kappa shape index (κ1) is 12.4. The molecule has 4 N–H and O–H groups in total. The third-order valence-electron chi connectivity index (χ3n) is 2.84. The molecule has 2 heterocycles. The molecule has 0 aliphatic heterocycles. The van der Waals surface area contributed by atoms with E-state index in [1.54, 1.807) is 17.5 Å². The van der Waals surface area contributed by atoms with E-state index in [0.29, 0.717) is 10.6 Å². The summed E-state index contributed by atoms with van der Waals surface area (Å²) in [6.45, 7) is 0. The minimum atomic E-state index is -0.576. The first-order chi connectivity index (χ1) is 9.66. The predicted octanol–water partition coefficient (Wildman–Crippen LogP) is 1.98. The van der Waals surface area contributed by atoms with Crippen molar-refractivity contribution in [2.75, 3.05) is 5.32 Å². The molecule has 6 nitrogen and oxygen atoms in total. The van der Waals surface area contributed by atoms with Gasteiger partial charge in [-0.25, -0.2) is 0 Å². The van der Waals surface area contributed by atoms with Crippen molar-refractivity contribution in [1.82, 2.24) is 10.2 Å². The van der Waals surface area contributed by atoms with Crippen LogP contribution in [0.5, 0.6) is 0 Å². The van der Waals surface area contributed by atoms with Gasteiger partial charge in [0.15, 0.2) is 5.69 Å². The summed E-state index contributed by atoms with van der Waals surface area (Å²) in [5.74, 6) is -0.958. The number of rotatable bonds is 3. The first-order valence-corrected chi connectivity index (χ1v) is 6.66. The number of primary amides is 1. The van der Waals surface area contributed by atoms with Gasteiger partial charge < -0.3 is 11.1 Å². The number of carbonyl (C=O) groups excluding carboxylic acids is 2. The lowest BCUT2D eigenvalue weighted by molar-refractivity contribution is 0.100. The van der Waals surface area contributed by atoms with Gasteiger partial charge in [-0.2, -0.15) is 5.10 Å². The molecule has 7 heteroatoms. The topological polar surface area (TPSA) is 101 Å². The van der Waals surface area contributed by atoms with Crippen molar-refractivity contribution in [1.29, 1.82) is 0 Å². The van der Waals surface area contributed by atoms with Crippen molar-refractivity contribution in [3.63, 3.8) is 0 Å². The van der Waals surface area contributed by atoms with E-state index in [9.17, 15) is 9.59 Å². The summed E-state index contributed by atoms with van der Waals surface area (Å²) >= 11 is 1.24. The Kier molecular flexibility index (Phi) is 2.96. The van der Waals surface area contributed by atoms with Crippen molar-refractivity contribution >= 4 is 39.1 Å². The standard InChI is InChI=1S/C13H10N4O2S/c14-11(18)8-5-6-20-13(8)15-12(19)10-7-3-1-2-4-9(7)16-17-10/h1-6H,(H2,14,18)(H,15,19)(H,16,17). The minimum Gasteiger partial charge on any atom is -0.366 e. The van der Waals surface area contributed by atoms with Crippen LogP contribution in [-0.2, 0) is 0 Å². The quantitative estimate of drug-likeness (QED) is 0.686. The zero-order valence-electron chi connectivity index (χ0n) is 10.2. The second-order valence-corrected chi connectivity index (χ2v) is 5.02. The number of aromatic nitrogens is 2. The molecule has 0 aliphatic rings. The summed E-state index contributed by atoms with van der Waals surface area (Å²) in [7, 11) is 0. The van der Waals surface area contributed by atoms with E-state index >= 15 is 0 Å². The van der Waals surface area contributed by atoms with Crippen LogP contribution in [0.1, 0.15) is 20.8 Å². The van der Waals surface area contributed by atoms with E-state index in [2.05, 4.69) is 15.5 Å². The van der Waals surface area contributed by atoms with Gasteiger partial charge in [0.1, 0.15) is 5.00 Å². The molecule has 0 aliphatic carbocycles. The van der Waals surface area contributed by atoms with Crippen LogP contribution in [-0.4, -0.2) is 22.0 Å². The second-order valence-electron chi connectivity index (χ2n) is 4.10. The number of fused-ring (bicyclic) bond motifs is 1. The third-order valence-corrected chi connectivity index (χ3v) is 3.67. The number of amides is 2. The molecule has 20 heavy (non-hydrogen) atoms. The number of para-hydroxylation sites is 1. The molecule has 3 aromatic rings. The average Bonchev–Trinajstić information content (AvgIpc) is 3.04. The Morgan fingerprint density at radius 1 is 1.25 bits per heavy atom. The van der Waals surface area contributed by atoms with E-state index in [-0.39, 0.29) is 11.6 Å². The molecule has 1 aromatic carbocycles. The highest BCUT2D eigenvalue weighted by Gasteiger charge is 2.17. The number of H-pyrrole nitrogens is 1. The van der Waals surface area contributed by atoms with E-state index in [0.717, 1.165) is 10.9 Å². The van der Waals surface area contributed by atoms with E-state index in [1.807, 2.05) is 18.2 Å². The number of nitrogens with zero attached hydrogens (tertiary/aromatic N) is 1. The fourth-order valence-corrected chi connectivity index (χ4v) is 2.69. The van der Waals surface area contributed by atoms with Gasteiger partial charge in [-0.3, -0.25) is 14.7 Å². The first-order valence-electron chi connectivity index (χ1n) is 5.78. The van der Waals surface area contributed by atoms with Gasteiger partial charge in [0.25, 0.3) is 11.8 Å². The van der Waals surface area contributed by atoms with Gasteiger partial charge in [0, 0.05) is 5.39 Å². The molecule has 100 valence electrons. The number of anilines is 1. The maximum atomic E-state index is 12.2. The van der Waals surface area contributed by atoms with Gasteiger partial charge in [-0.15, -0.1) is 11.3 Å². The van der Waals surface area contributed by atoms with Crippen LogP contribution in [0.4, 0.5) is 5.00 Å². The molecular weight excluding hydrogens is 276 g/mol. The number of hydrogen-bond acceptors (Lipinski definition) is 4. The van der Waals surface area contributed by atoms with Crippen LogP contribution in [0, 0.1) is 0 Å². The number of carbonyl (C=O) groups is 2. The van der Waals surface area contributed by atoms with Crippen LogP contribution in [0.15, 0.2) is 35.7 Å². The minimum absolute atomic E-state index is 0.282. The molecule has 0 bridgehead atoms. The van der Waals surface area contributed by atoms with E-state index in [1.165, 1.54) is 11.3 Å². The zero-order chi connectivity index (χ0) is 14.1. The molecular formula is C13H10N4O2S. The van der Waals surface area contributed by atoms with Gasteiger partial charge in [0.2, 0.25) is 0 Å². The Bertz CT molecular complexity index is 805. The van der Waals surface area contributed by atoms with Crippen LogP contribution in [0.3, 0.4) is 0 Å². The zero-order valence-corrected chi connectivity index (χ0v) is 11.0. The second kappa shape index (κ2) is 4.78. The van der Waals surface area contributed by atoms with Crippen molar-refractivity contribution in [3.05, 3.63) is 47.0 Å². The monoisotopic (exact) mass is 286 g/mol. The molecule has 0 spiro atoms. The molecule has 0 saturated heterocycles. The summed E-state index contributed by atoms with van der Waals surface area (Å²) in [6, 6.07) is 8.89. The Morgan fingerprint density at radius 2 is 2.05 bits per heavy atom. The van der Waals surface area contributed by atoms with Crippen LogP contribution in [0.25, 0.3) is 10.9 Å². The number of nitrogens with two attached hydrogens (primary N) is 1. The molecule has 2 amide bonds. The number of hydrogen-bond donors (Lipinski definition) is 3. The summed E-state index contributed by atoms with van der Waals surface area (Å²) in [6.07, 6.45) is 0. The predicted molar refractivity (Wildman–Crippen MR) is 76.9 cm³/mol. The summed E-state index contributed by atoms with van der Waals surface area (Å²) < 4.78 is 0. The molecule has 2 aromatic heterocycles. The van der Waals surface area contributed by atoms with Crippen molar-refractivity contribution < 1.29 is 9.59 Å². The third kappa shape index (κ3) is 2.04. The molecule has 0 radical (unpaired) electrons. The summed E-state index contributed by atoms with van der Waals surface area (Å²) in [4.78, 5) is 23.4. The summed E-state index contributed by atoms with van der Waals surface area (Å²) in [5, 5.41) is 12.3. The number of benzene rings is 1. The molecule has 0 fully saturated rings. The smallest absolute Gasteiger partial charge is 0.277 e. The molecule has 0 atom stereocenters. The van der Waals surface area contributed by atoms with Gasteiger partial charge in [-0.1, -0.05) is 18.2 Å². The fraction of sp³-hybridized carbons (Fsp3) is 0. The van der Waals surface area contributed by atoms with Crippen molar-refractivity contribution in [2.45, 2.75) is 0 Å². The normalized spacial score (nSPS) is 10.6. The van der Waals surface area contributed by atoms with Gasteiger partial charge in [0.05, 0.1) is 11.1 Å². The lowest BCUT2D eigenvalue weighted by atomic mass is 10.2. The summed E-state index contributed by atoms with van der Waals surface area (Å²) in [5.41, 5.74) is 6.59. The van der Waals surface area contributed by atoms with Crippen LogP contribution in [0.2, 0.25) is 0 Å². The number of thiophene rings is 1. The lowest BCUT2D eigenvalue weighted by Crippen LogP contribution is -2.17. The van der Waals surface area contributed by atoms with E-state index in [4.69, 9.17) is 5.73 Å². The van der Waals surface area contributed by atoms with Crippen molar-refractivity contribution in [3.8, 4) is 0 Å². The maximum Gasteiger partial charge on any atom is 0.277 e. The Balaban J connectivity index is 1.93. The van der Waals surface area contributed by atoms with Crippen molar-refractivity contribution in [2.24, 2.45) is 5.73 Å². The highest BCUT2D eigenvalue weighted by atomic mass is 32.1. The lowest BCUT2D eigenvalue weighted by Gasteiger charge is -2.02. The Morgan fingerprint density at radius 3 is 2.85 bits per heavy atom. The molecule has 0 saturated carbocycles. The maximum absolute atomic E-state index is 12.2. The highest BCUT2D eigenvalue weighted by Crippen LogP contribution is 2.24. The van der Waals surface area contributed by atoms with Crippen LogP contribution < -0.4 is 11.1 Å². The highest BCUT2D eigenvalue weighted by molar-refractivity contribution is 7.14. The molecule has 0 unspecified atom stereocenters. The van der Waals surface area contributed by atoms with Crippen LogP contribution >= 0.6 is 11.3 Å². The SMILES string of the molecule is NC(=O)c1ccsc1NC(=O)c1n[nH]c2ccccc12. The van der Waals surface area contributed by atoms with E-state index < -0.39 is 5.91 Å². The van der Waals surface area contributed by atoms with Gasteiger partial charge in [-0.05, 0) is 17.5 Å². The molecule has 3 rings (SSSR count). The number of nitrogens with one attached hydrogen (secondary N) is 2. The Labute approximate surface area is 117 Å².